The third-order valence-electron chi connectivity index (χ3n) is 4.27. The number of ether oxygens (including phenoxy) is 1. The summed E-state index contributed by atoms with van der Waals surface area (Å²) >= 11 is 0. The van der Waals surface area contributed by atoms with Crippen LogP contribution in [0.1, 0.15) is 45.1 Å². The van der Waals surface area contributed by atoms with Crippen molar-refractivity contribution in [2.45, 2.75) is 51.5 Å². The maximum absolute atomic E-state index is 12.4. The van der Waals surface area contributed by atoms with Crippen molar-refractivity contribution in [1.82, 2.24) is 5.32 Å². The van der Waals surface area contributed by atoms with Gasteiger partial charge >= 0.3 is 5.97 Å². The molecule has 1 atom stereocenters. The molecule has 4 nitrogen and oxygen atoms in total. The summed E-state index contributed by atoms with van der Waals surface area (Å²) in [6, 6.07) is 10.2. The maximum atomic E-state index is 12.4. The highest BCUT2D eigenvalue weighted by Gasteiger charge is 2.53. The summed E-state index contributed by atoms with van der Waals surface area (Å²) in [5.74, 6) is -0.377. The number of esters is 1. The molecule has 0 spiro atoms. The van der Waals surface area contributed by atoms with Gasteiger partial charge in [0.05, 0.1) is 6.61 Å². The van der Waals surface area contributed by atoms with Gasteiger partial charge in [-0.25, -0.2) is 4.79 Å². The molecule has 0 aromatic heterocycles. The number of aryl methyl sites for hydroxylation is 1. The van der Waals surface area contributed by atoms with Crippen LogP contribution in [0.15, 0.2) is 30.3 Å². The van der Waals surface area contributed by atoms with Crippen LogP contribution in [-0.2, 0) is 20.7 Å². The number of hydrogen-bond donors (Lipinski definition) is 1. The lowest BCUT2D eigenvalue weighted by atomic mass is 9.96. The predicted molar refractivity (Wildman–Crippen MR) is 85.3 cm³/mol. The van der Waals surface area contributed by atoms with Crippen molar-refractivity contribution in [2.75, 3.05) is 6.61 Å². The van der Waals surface area contributed by atoms with E-state index in [9.17, 15) is 9.59 Å². The van der Waals surface area contributed by atoms with Crippen molar-refractivity contribution < 1.29 is 14.3 Å². The van der Waals surface area contributed by atoms with Gasteiger partial charge in [0.2, 0.25) is 5.91 Å². The second-order valence-electron chi connectivity index (χ2n) is 5.92. The Morgan fingerprint density at radius 2 is 1.91 bits per heavy atom. The number of carbonyl (C=O) groups excluding carboxylic acids is 2. The topological polar surface area (TPSA) is 55.4 Å². The van der Waals surface area contributed by atoms with E-state index < -0.39 is 5.54 Å². The zero-order valence-electron chi connectivity index (χ0n) is 13.4. The second kappa shape index (κ2) is 7.43. The maximum Gasteiger partial charge on any atom is 0.331 e. The van der Waals surface area contributed by atoms with E-state index in [-0.39, 0.29) is 17.8 Å². The molecular weight excluding hydrogens is 278 g/mol. The van der Waals surface area contributed by atoms with Crippen LogP contribution in [-0.4, -0.2) is 24.0 Å². The van der Waals surface area contributed by atoms with Crippen LogP contribution >= 0.6 is 0 Å². The minimum atomic E-state index is -0.743. The number of rotatable bonds is 8. The molecule has 120 valence electrons. The summed E-state index contributed by atoms with van der Waals surface area (Å²) in [5, 5.41) is 2.93. The summed E-state index contributed by atoms with van der Waals surface area (Å²) < 4.78 is 5.06. The fourth-order valence-corrected chi connectivity index (χ4v) is 2.62. The molecule has 0 radical (unpaired) electrons. The van der Waals surface area contributed by atoms with Crippen molar-refractivity contribution in [3.63, 3.8) is 0 Å². The molecule has 1 unspecified atom stereocenters. The van der Waals surface area contributed by atoms with Crippen LogP contribution in [0.2, 0.25) is 0 Å². The summed E-state index contributed by atoms with van der Waals surface area (Å²) in [6.07, 6.45) is 3.82. The Kier molecular flexibility index (Phi) is 5.58. The standard InChI is InChI=1S/C18H25NO3/c1-3-15(11-10-14-8-6-5-7-9-14)16(20)19-18(12-13-18)17(21)22-4-2/h5-9,15H,3-4,10-13H2,1-2H3,(H,19,20). The Balaban J connectivity index is 1.88. The van der Waals surface area contributed by atoms with Crippen LogP contribution in [0.25, 0.3) is 0 Å². The molecule has 1 aromatic rings. The normalized spacial score (nSPS) is 16.6. The highest BCUT2D eigenvalue weighted by Crippen LogP contribution is 2.37. The highest BCUT2D eigenvalue weighted by atomic mass is 16.5. The smallest absolute Gasteiger partial charge is 0.331 e. The van der Waals surface area contributed by atoms with Crippen molar-refractivity contribution >= 4 is 11.9 Å². The third kappa shape index (κ3) is 4.09. The van der Waals surface area contributed by atoms with Crippen LogP contribution in [0.3, 0.4) is 0 Å². The molecule has 1 aliphatic carbocycles. The van der Waals surface area contributed by atoms with Crippen molar-refractivity contribution in [1.29, 1.82) is 0 Å². The number of benzene rings is 1. The predicted octanol–water partition coefficient (Wildman–Crippen LogP) is 2.86. The monoisotopic (exact) mass is 303 g/mol. The van der Waals surface area contributed by atoms with Gasteiger partial charge in [0, 0.05) is 5.92 Å². The number of hydrogen-bond acceptors (Lipinski definition) is 3. The molecule has 1 N–H and O–H groups in total. The van der Waals surface area contributed by atoms with E-state index in [0.717, 1.165) is 19.3 Å². The van der Waals surface area contributed by atoms with Crippen LogP contribution < -0.4 is 5.32 Å². The Hall–Kier alpha value is -1.84. The molecule has 0 bridgehead atoms. The molecule has 0 saturated heterocycles. The average Bonchev–Trinajstić information content (AvgIpc) is 3.30. The summed E-state index contributed by atoms with van der Waals surface area (Å²) in [6.45, 7) is 4.14. The minimum Gasteiger partial charge on any atom is -0.464 e. The van der Waals surface area contributed by atoms with E-state index in [4.69, 9.17) is 4.74 Å². The van der Waals surface area contributed by atoms with Gasteiger partial charge in [-0.1, -0.05) is 37.3 Å². The number of amides is 1. The van der Waals surface area contributed by atoms with Gasteiger partial charge in [-0.2, -0.15) is 0 Å². The van der Waals surface area contributed by atoms with Crippen molar-refractivity contribution in [3.8, 4) is 0 Å². The zero-order chi connectivity index (χ0) is 16.0. The van der Waals surface area contributed by atoms with Gasteiger partial charge < -0.3 is 10.1 Å². The lowest BCUT2D eigenvalue weighted by molar-refractivity contribution is -0.149. The second-order valence-corrected chi connectivity index (χ2v) is 5.92. The Morgan fingerprint density at radius 3 is 2.45 bits per heavy atom. The fourth-order valence-electron chi connectivity index (χ4n) is 2.62. The first-order valence-corrected chi connectivity index (χ1v) is 8.14. The molecule has 1 aliphatic rings. The lowest BCUT2D eigenvalue weighted by Gasteiger charge is -2.20. The largest absolute Gasteiger partial charge is 0.464 e. The summed E-state index contributed by atoms with van der Waals surface area (Å²) in [4.78, 5) is 24.4. The summed E-state index contributed by atoms with van der Waals surface area (Å²) in [7, 11) is 0. The highest BCUT2D eigenvalue weighted by molar-refractivity contribution is 5.91. The Bertz CT molecular complexity index is 508. The van der Waals surface area contributed by atoms with E-state index in [1.165, 1.54) is 5.56 Å². The van der Waals surface area contributed by atoms with Gasteiger partial charge in [-0.05, 0) is 44.6 Å². The Morgan fingerprint density at radius 1 is 1.23 bits per heavy atom. The molecule has 1 saturated carbocycles. The van der Waals surface area contributed by atoms with Gasteiger partial charge in [0.25, 0.3) is 0 Å². The van der Waals surface area contributed by atoms with E-state index in [2.05, 4.69) is 17.4 Å². The molecule has 1 fully saturated rings. The first-order chi connectivity index (χ1) is 10.6. The minimum absolute atomic E-state index is 0.0241. The number of carbonyl (C=O) groups is 2. The molecule has 22 heavy (non-hydrogen) atoms. The van der Waals surface area contributed by atoms with Crippen molar-refractivity contribution in [2.24, 2.45) is 5.92 Å². The van der Waals surface area contributed by atoms with Gasteiger partial charge in [0.1, 0.15) is 5.54 Å². The third-order valence-corrected chi connectivity index (χ3v) is 4.27. The van der Waals surface area contributed by atoms with Crippen LogP contribution in [0.4, 0.5) is 0 Å². The van der Waals surface area contributed by atoms with Crippen LogP contribution in [0, 0.1) is 5.92 Å². The zero-order valence-corrected chi connectivity index (χ0v) is 13.4. The molecule has 4 heteroatoms. The van der Waals surface area contributed by atoms with E-state index in [0.29, 0.717) is 19.4 Å². The fraction of sp³-hybridized carbons (Fsp3) is 0.556. The van der Waals surface area contributed by atoms with Gasteiger partial charge in [-0.3, -0.25) is 4.79 Å². The quantitative estimate of drug-likeness (QED) is 0.751. The molecule has 0 aliphatic heterocycles. The number of nitrogens with one attached hydrogen (secondary N) is 1. The first-order valence-electron chi connectivity index (χ1n) is 8.14. The molecule has 0 heterocycles. The summed E-state index contributed by atoms with van der Waals surface area (Å²) in [5.41, 5.74) is 0.494. The van der Waals surface area contributed by atoms with Crippen molar-refractivity contribution in [3.05, 3.63) is 35.9 Å². The molecule has 2 rings (SSSR count). The SMILES string of the molecule is CCOC(=O)C1(NC(=O)C(CC)CCc2ccccc2)CC1. The lowest BCUT2D eigenvalue weighted by Crippen LogP contribution is -2.46. The van der Waals surface area contributed by atoms with E-state index in [1.54, 1.807) is 6.92 Å². The van der Waals surface area contributed by atoms with Gasteiger partial charge in [-0.15, -0.1) is 0 Å². The molecular formula is C18H25NO3. The molecule has 1 aromatic carbocycles. The van der Waals surface area contributed by atoms with Gasteiger partial charge in [0.15, 0.2) is 0 Å². The van der Waals surface area contributed by atoms with E-state index >= 15 is 0 Å². The Labute approximate surface area is 132 Å². The van der Waals surface area contributed by atoms with E-state index in [1.807, 2.05) is 25.1 Å². The average molecular weight is 303 g/mol. The first kappa shape index (κ1) is 16.5. The van der Waals surface area contributed by atoms with Crippen LogP contribution in [0.5, 0.6) is 0 Å². The molecule has 1 amide bonds.